The summed E-state index contributed by atoms with van der Waals surface area (Å²) in [5, 5.41) is 25.7. The molecule has 6 N–H and O–H groups in total. The quantitative estimate of drug-likeness (QED) is 0.389. The number of carboxylic acids is 1. The molecular formula is C22H29N3O5. The van der Waals surface area contributed by atoms with Crippen LogP contribution in [-0.4, -0.2) is 52.7 Å². The molecule has 0 fully saturated rings. The molecule has 0 aliphatic rings. The van der Waals surface area contributed by atoms with Crippen LogP contribution in [0, 0.1) is 5.92 Å². The Morgan fingerprint density at radius 3 is 2.30 bits per heavy atom. The number of benzene rings is 2. The van der Waals surface area contributed by atoms with Gasteiger partial charge in [0.2, 0.25) is 11.8 Å². The third-order valence-corrected chi connectivity index (χ3v) is 5.20. The average Bonchev–Trinajstić information content (AvgIpc) is 2.75. The SMILES string of the molecule is CCC(C)C(NC(=O)C(Cc1ccc2ccccc2c1)NC(=O)[C@@H](N)CO)C(=O)O. The molecule has 0 saturated heterocycles. The summed E-state index contributed by atoms with van der Waals surface area (Å²) in [6, 6.07) is 10.1. The van der Waals surface area contributed by atoms with Gasteiger partial charge in [0.05, 0.1) is 6.61 Å². The first-order valence-corrected chi connectivity index (χ1v) is 9.94. The molecule has 8 nitrogen and oxygen atoms in total. The molecule has 0 radical (unpaired) electrons. The zero-order chi connectivity index (χ0) is 22.3. The molecule has 2 amide bonds. The summed E-state index contributed by atoms with van der Waals surface area (Å²) in [5.74, 6) is -2.73. The van der Waals surface area contributed by atoms with Gasteiger partial charge in [-0.3, -0.25) is 9.59 Å². The van der Waals surface area contributed by atoms with Crippen molar-refractivity contribution in [2.75, 3.05) is 6.61 Å². The van der Waals surface area contributed by atoms with E-state index in [-0.39, 0.29) is 12.3 Å². The van der Waals surface area contributed by atoms with Crippen molar-refractivity contribution >= 4 is 28.6 Å². The maximum Gasteiger partial charge on any atom is 0.326 e. The van der Waals surface area contributed by atoms with Crippen LogP contribution in [0.2, 0.25) is 0 Å². The molecule has 3 unspecified atom stereocenters. The lowest BCUT2D eigenvalue weighted by molar-refractivity contribution is -0.143. The Labute approximate surface area is 175 Å². The largest absolute Gasteiger partial charge is 0.480 e. The molecule has 0 aromatic heterocycles. The summed E-state index contributed by atoms with van der Waals surface area (Å²) in [4.78, 5) is 36.7. The fraction of sp³-hybridized carbons (Fsp3) is 0.409. The third-order valence-electron chi connectivity index (χ3n) is 5.20. The number of nitrogens with one attached hydrogen (secondary N) is 2. The normalized spacial score (nSPS) is 15.1. The van der Waals surface area contributed by atoms with E-state index in [1.165, 1.54) is 0 Å². The van der Waals surface area contributed by atoms with Gasteiger partial charge in [-0.25, -0.2) is 4.79 Å². The van der Waals surface area contributed by atoms with Gasteiger partial charge in [0.15, 0.2) is 0 Å². The molecule has 0 aliphatic heterocycles. The van der Waals surface area contributed by atoms with Crippen molar-refractivity contribution in [3.05, 3.63) is 48.0 Å². The van der Waals surface area contributed by atoms with Gasteiger partial charge in [0, 0.05) is 6.42 Å². The minimum Gasteiger partial charge on any atom is -0.480 e. The lowest BCUT2D eigenvalue weighted by Gasteiger charge is -2.25. The van der Waals surface area contributed by atoms with E-state index < -0.39 is 42.5 Å². The number of carbonyl (C=O) groups is 3. The van der Waals surface area contributed by atoms with Gasteiger partial charge in [-0.1, -0.05) is 62.7 Å². The predicted molar refractivity (Wildman–Crippen MR) is 114 cm³/mol. The van der Waals surface area contributed by atoms with Gasteiger partial charge in [-0.15, -0.1) is 0 Å². The van der Waals surface area contributed by atoms with E-state index in [0.717, 1.165) is 16.3 Å². The van der Waals surface area contributed by atoms with E-state index in [4.69, 9.17) is 10.8 Å². The Morgan fingerprint density at radius 1 is 1.03 bits per heavy atom. The van der Waals surface area contributed by atoms with Crippen molar-refractivity contribution in [1.82, 2.24) is 10.6 Å². The molecule has 2 aromatic rings. The second kappa shape index (κ2) is 10.7. The number of hydrogen-bond donors (Lipinski definition) is 5. The second-order valence-corrected chi connectivity index (χ2v) is 7.45. The van der Waals surface area contributed by atoms with Crippen LogP contribution >= 0.6 is 0 Å². The molecule has 8 heteroatoms. The van der Waals surface area contributed by atoms with E-state index >= 15 is 0 Å². The Balaban J connectivity index is 2.26. The lowest BCUT2D eigenvalue weighted by atomic mass is 9.97. The van der Waals surface area contributed by atoms with Crippen molar-refractivity contribution in [3.63, 3.8) is 0 Å². The number of rotatable bonds is 10. The smallest absolute Gasteiger partial charge is 0.326 e. The van der Waals surface area contributed by atoms with Crippen LogP contribution in [-0.2, 0) is 20.8 Å². The van der Waals surface area contributed by atoms with Crippen molar-refractivity contribution in [1.29, 1.82) is 0 Å². The highest BCUT2D eigenvalue weighted by atomic mass is 16.4. The first kappa shape index (κ1) is 23.3. The number of carboxylic acid groups (broad SMARTS) is 1. The number of aliphatic carboxylic acids is 1. The van der Waals surface area contributed by atoms with E-state index in [1.807, 2.05) is 49.4 Å². The third kappa shape index (κ3) is 6.01. The van der Waals surface area contributed by atoms with Crippen molar-refractivity contribution in [2.24, 2.45) is 11.7 Å². The Kier molecular flexibility index (Phi) is 8.32. The van der Waals surface area contributed by atoms with E-state index in [0.29, 0.717) is 6.42 Å². The lowest BCUT2D eigenvalue weighted by Crippen LogP contribution is -2.56. The zero-order valence-corrected chi connectivity index (χ0v) is 17.2. The van der Waals surface area contributed by atoms with Gasteiger partial charge < -0.3 is 26.6 Å². The van der Waals surface area contributed by atoms with Gasteiger partial charge in [0.25, 0.3) is 0 Å². The number of nitrogens with two attached hydrogens (primary N) is 1. The Morgan fingerprint density at radius 2 is 1.70 bits per heavy atom. The fourth-order valence-corrected chi connectivity index (χ4v) is 3.11. The minimum atomic E-state index is -1.18. The van der Waals surface area contributed by atoms with Crippen molar-refractivity contribution in [2.45, 2.75) is 44.8 Å². The monoisotopic (exact) mass is 415 g/mol. The van der Waals surface area contributed by atoms with Gasteiger partial charge in [-0.05, 0) is 22.3 Å². The average molecular weight is 415 g/mol. The molecule has 30 heavy (non-hydrogen) atoms. The van der Waals surface area contributed by atoms with Crippen LogP contribution < -0.4 is 16.4 Å². The minimum absolute atomic E-state index is 0.146. The number of amides is 2. The molecule has 0 spiro atoms. The van der Waals surface area contributed by atoms with Crippen LogP contribution in [0.25, 0.3) is 10.8 Å². The number of aliphatic hydroxyl groups is 1. The number of hydrogen-bond acceptors (Lipinski definition) is 5. The number of carbonyl (C=O) groups excluding carboxylic acids is 2. The molecule has 0 aliphatic carbocycles. The first-order valence-electron chi connectivity index (χ1n) is 9.94. The summed E-state index contributed by atoms with van der Waals surface area (Å²) in [5.41, 5.74) is 6.36. The molecule has 4 atom stereocenters. The molecule has 0 bridgehead atoms. The summed E-state index contributed by atoms with van der Waals surface area (Å²) in [7, 11) is 0. The molecular weight excluding hydrogens is 386 g/mol. The maximum absolute atomic E-state index is 12.9. The fourth-order valence-electron chi connectivity index (χ4n) is 3.11. The Hall–Kier alpha value is -2.97. The summed E-state index contributed by atoms with van der Waals surface area (Å²) in [6.07, 6.45) is 0.710. The van der Waals surface area contributed by atoms with Crippen LogP contribution in [0.4, 0.5) is 0 Å². The molecule has 0 saturated carbocycles. The molecule has 2 rings (SSSR count). The highest BCUT2D eigenvalue weighted by molar-refractivity contribution is 5.92. The summed E-state index contributed by atoms with van der Waals surface area (Å²) >= 11 is 0. The summed E-state index contributed by atoms with van der Waals surface area (Å²) in [6.45, 7) is 3.00. The molecule has 2 aromatic carbocycles. The van der Waals surface area contributed by atoms with Gasteiger partial charge >= 0.3 is 5.97 Å². The topological polar surface area (TPSA) is 142 Å². The van der Waals surface area contributed by atoms with Crippen molar-refractivity contribution in [3.8, 4) is 0 Å². The highest BCUT2D eigenvalue weighted by Gasteiger charge is 2.30. The van der Waals surface area contributed by atoms with Crippen LogP contribution in [0.3, 0.4) is 0 Å². The van der Waals surface area contributed by atoms with E-state index in [1.54, 1.807) is 6.92 Å². The summed E-state index contributed by atoms with van der Waals surface area (Å²) < 4.78 is 0. The highest BCUT2D eigenvalue weighted by Crippen LogP contribution is 2.17. The number of aliphatic hydroxyl groups excluding tert-OH is 1. The predicted octanol–water partition coefficient (Wildman–Crippen LogP) is 0.802. The van der Waals surface area contributed by atoms with Crippen LogP contribution in [0.1, 0.15) is 25.8 Å². The second-order valence-electron chi connectivity index (χ2n) is 7.45. The van der Waals surface area contributed by atoms with Gasteiger partial charge in [-0.2, -0.15) is 0 Å². The van der Waals surface area contributed by atoms with E-state index in [9.17, 15) is 19.5 Å². The molecule has 162 valence electrons. The molecule has 0 heterocycles. The van der Waals surface area contributed by atoms with Crippen molar-refractivity contribution < 1.29 is 24.6 Å². The maximum atomic E-state index is 12.9. The number of fused-ring (bicyclic) bond motifs is 1. The Bertz CT molecular complexity index is 901. The van der Waals surface area contributed by atoms with Gasteiger partial charge in [0.1, 0.15) is 18.1 Å². The zero-order valence-electron chi connectivity index (χ0n) is 17.2. The van der Waals surface area contributed by atoms with Crippen LogP contribution in [0.5, 0.6) is 0 Å². The first-order chi connectivity index (χ1) is 14.3. The van der Waals surface area contributed by atoms with E-state index in [2.05, 4.69) is 10.6 Å². The van der Waals surface area contributed by atoms with Crippen LogP contribution in [0.15, 0.2) is 42.5 Å². The standard InChI is InChI=1S/C22H29N3O5/c1-3-13(2)19(22(29)30)25-21(28)18(24-20(27)17(23)12-26)11-14-8-9-15-6-4-5-7-16(15)10-14/h4-10,13,17-19,26H,3,11-12,23H2,1-2H3,(H,24,27)(H,25,28)(H,29,30)/t13?,17-,18?,19?/m0/s1.